The third-order valence-electron chi connectivity index (χ3n) is 1.81. The Bertz CT molecular complexity index is 179. The quantitative estimate of drug-likeness (QED) is 0.314. The van der Waals surface area contributed by atoms with Gasteiger partial charge in [0.15, 0.2) is 0 Å². The van der Waals surface area contributed by atoms with Gasteiger partial charge in [0.1, 0.15) is 5.25 Å². The summed E-state index contributed by atoms with van der Waals surface area (Å²) in [5.74, 6) is 0. The summed E-state index contributed by atoms with van der Waals surface area (Å²) in [7, 11) is -10.7. The Labute approximate surface area is 104 Å². The van der Waals surface area contributed by atoms with Crippen LogP contribution in [0.15, 0.2) is 0 Å². The first kappa shape index (κ1) is 19.7. The van der Waals surface area contributed by atoms with Gasteiger partial charge in [-0.05, 0) is 38.3 Å². The fraction of sp³-hybridized carbons (Fsp3) is 1.00. The maximum absolute atomic E-state index is 10.7. The Morgan fingerprint density at radius 2 is 1.06 bits per heavy atom. The van der Waals surface area contributed by atoms with Gasteiger partial charge < -0.3 is 0 Å². The Morgan fingerprint density at radius 1 is 0.824 bits per heavy atom. The molecule has 8 heteroatoms. The zero-order chi connectivity index (χ0) is 14.2. The van der Waals surface area contributed by atoms with E-state index < -0.39 is 7.81 Å². The SMILES string of the molecule is CCCCC([SH2+])CCCC.F[P-](F)(F)(F)(F)F. The monoisotopic (exact) mass is 306 g/mol. The first-order valence-electron chi connectivity index (χ1n) is 5.53. The summed E-state index contributed by atoms with van der Waals surface area (Å²) in [4.78, 5) is 0. The van der Waals surface area contributed by atoms with Gasteiger partial charge in [-0.25, -0.2) is 0 Å². The molecule has 0 radical (unpaired) electrons. The molecule has 0 aromatic heterocycles. The first-order chi connectivity index (χ1) is 7.26. The van der Waals surface area contributed by atoms with Crippen LogP contribution in [-0.2, 0) is 12.6 Å². The molecule has 0 saturated carbocycles. The average Bonchev–Trinajstić information content (AvgIpc) is 2.06. The molecule has 0 aromatic carbocycles. The van der Waals surface area contributed by atoms with Crippen molar-refractivity contribution in [3.63, 3.8) is 0 Å². The molecule has 0 atom stereocenters. The van der Waals surface area contributed by atoms with Gasteiger partial charge in [-0.15, -0.1) is 0 Å². The van der Waals surface area contributed by atoms with Crippen molar-refractivity contribution in [2.45, 2.75) is 57.6 Å². The summed E-state index contributed by atoms with van der Waals surface area (Å²) in [6.07, 6.45) is 8.11. The van der Waals surface area contributed by atoms with Crippen molar-refractivity contribution in [1.82, 2.24) is 0 Å². The Kier molecular flexibility index (Phi) is 7.54. The van der Waals surface area contributed by atoms with Gasteiger partial charge in [-0.3, -0.25) is 0 Å². The van der Waals surface area contributed by atoms with Crippen LogP contribution in [0.5, 0.6) is 0 Å². The first-order valence-corrected chi connectivity index (χ1v) is 8.14. The summed E-state index contributed by atoms with van der Waals surface area (Å²) < 4.78 is 59.2. The molecule has 0 fully saturated rings. The fourth-order valence-electron chi connectivity index (χ4n) is 1.05. The van der Waals surface area contributed by atoms with Crippen LogP contribution in [0.3, 0.4) is 0 Å². The molecule has 0 amide bonds. The minimum atomic E-state index is -10.7. The molecule has 110 valence electrons. The molecule has 0 spiro atoms. The van der Waals surface area contributed by atoms with E-state index in [1.54, 1.807) is 0 Å². The molecule has 0 rings (SSSR count). The van der Waals surface area contributed by atoms with Crippen LogP contribution in [0.4, 0.5) is 25.2 Å². The number of unbranched alkanes of at least 4 members (excludes halogenated alkanes) is 2. The van der Waals surface area contributed by atoms with Gasteiger partial charge >= 0.3 is 33.0 Å². The second-order valence-corrected chi connectivity index (χ2v) is 6.67. The molecule has 17 heavy (non-hydrogen) atoms. The molecule has 0 saturated heterocycles. The maximum atomic E-state index is 9.87. The van der Waals surface area contributed by atoms with Crippen LogP contribution >= 0.6 is 7.81 Å². The average molecular weight is 306 g/mol. The number of halogens is 6. The molecule has 0 nitrogen and oxygen atoms in total. The zero-order valence-electron chi connectivity index (χ0n) is 10.0. The summed E-state index contributed by atoms with van der Waals surface area (Å²) in [6.45, 7) is 4.50. The molecule has 0 aliphatic carbocycles. The van der Waals surface area contributed by atoms with Gasteiger partial charge in [0.25, 0.3) is 0 Å². The fourth-order valence-corrected chi connectivity index (χ4v) is 1.45. The zero-order valence-corrected chi connectivity index (χ0v) is 11.9. The van der Waals surface area contributed by atoms with Gasteiger partial charge in [0.05, 0.1) is 0 Å². The van der Waals surface area contributed by atoms with Crippen molar-refractivity contribution in [3.05, 3.63) is 0 Å². The van der Waals surface area contributed by atoms with Crippen LogP contribution in [0, 0.1) is 0 Å². The molecule has 0 N–H and O–H groups in total. The van der Waals surface area contributed by atoms with E-state index in [4.69, 9.17) is 0 Å². The van der Waals surface area contributed by atoms with E-state index in [-0.39, 0.29) is 0 Å². The molecular weight excluding hydrogens is 285 g/mol. The van der Waals surface area contributed by atoms with E-state index in [0.717, 1.165) is 5.25 Å². The van der Waals surface area contributed by atoms with Crippen LogP contribution in [0.25, 0.3) is 0 Å². The third kappa shape index (κ3) is 48.3. The van der Waals surface area contributed by atoms with Crippen molar-refractivity contribution >= 4 is 20.4 Å². The van der Waals surface area contributed by atoms with Crippen molar-refractivity contribution in [2.75, 3.05) is 0 Å². The van der Waals surface area contributed by atoms with E-state index in [0.29, 0.717) is 0 Å². The Balaban J connectivity index is 0. The van der Waals surface area contributed by atoms with Crippen LogP contribution in [0.1, 0.15) is 52.4 Å². The molecule has 0 aliphatic heterocycles. The summed E-state index contributed by atoms with van der Waals surface area (Å²) >= 11 is 3.73. The van der Waals surface area contributed by atoms with Crippen molar-refractivity contribution in [3.8, 4) is 0 Å². The van der Waals surface area contributed by atoms with Gasteiger partial charge in [-0.1, -0.05) is 26.7 Å². The van der Waals surface area contributed by atoms with Crippen molar-refractivity contribution < 1.29 is 25.2 Å². The Morgan fingerprint density at radius 3 is 1.24 bits per heavy atom. The summed E-state index contributed by atoms with van der Waals surface area (Å²) in [5.41, 5.74) is 0. The van der Waals surface area contributed by atoms with Crippen LogP contribution in [-0.4, -0.2) is 5.25 Å². The van der Waals surface area contributed by atoms with E-state index in [9.17, 15) is 25.2 Å². The van der Waals surface area contributed by atoms with Gasteiger partial charge in [-0.2, -0.15) is 0 Å². The molecule has 0 unspecified atom stereocenters. The number of rotatable bonds is 6. The molecule has 0 bridgehead atoms. The van der Waals surface area contributed by atoms with Crippen molar-refractivity contribution in [1.29, 1.82) is 0 Å². The molecule has 0 aromatic rings. The number of hydrogen-bond donors (Lipinski definition) is 0. The topological polar surface area (TPSA) is 0 Å². The Hall–Kier alpha value is 0.360. The second-order valence-electron chi connectivity index (χ2n) is 3.94. The van der Waals surface area contributed by atoms with E-state index >= 15 is 0 Å². The predicted molar refractivity (Wildman–Crippen MR) is 66.6 cm³/mol. The van der Waals surface area contributed by atoms with E-state index in [2.05, 4.69) is 26.5 Å². The van der Waals surface area contributed by atoms with Crippen molar-refractivity contribution in [2.24, 2.45) is 0 Å². The van der Waals surface area contributed by atoms with E-state index in [1.165, 1.54) is 38.5 Å². The van der Waals surface area contributed by atoms with Crippen LogP contribution < -0.4 is 0 Å². The normalized spacial score (nSPS) is 15.9. The summed E-state index contributed by atoms with van der Waals surface area (Å²) in [5, 5.41) is 0.778. The second kappa shape index (κ2) is 6.50. The minimum absolute atomic E-state index is 0.778. The number of hydrogen-bond acceptors (Lipinski definition) is 0. The molecule has 0 heterocycles. The summed E-state index contributed by atoms with van der Waals surface area (Å²) in [6, 6.07) is 0. The standard InChI is InChI=1S/C9H20S.F6P/c1-3-5-7-9(10)8-6-4-2;1-7(2,3,4,5)6/h9-10H,3-8H2,1-2H3;/q;-1/p+1. The van der Waals surface area contributed by atoms with Gasteiger partial charge in [0, 0.05) is 0 Å². The van der Waals surface area contributed by atoms with Gasteiger partial charge in [0.2, 0.25) is 0 Å². The predicted octanol–water partition coefficient (Wildman–Crippen LogP) is 6.13. The molecule has 0 aliphatic rings. The third-order valence-corrected chi connectivity index (χ3v) is 2.39. The molecular formula is C9H21F6PS. The van der Waals surface area contributed by atoms with Crippen LogP contribution in [0.2, 0.25) is 0 Å². The van der Waals surface area contributed by atoms with E-state index in [1.807, 2.05) is 0 Å².